The Morgan fingerprint density at radius 1 is 0.977 bits per heavy atom. The summed E-state index contributed by atoms with van der Waals surface area (Å²) in [5, 5.41) is 9.51. The number of carbonyl (C=O) groups excluding carboxylic acids is 4. The maximum atomic E-state index is 14.3. The topological polar surface area (TPSA) is 108 Å². The third kappa shape index (κ3) is 3.96. The van der Waals surface area contributed by atoms with Crippen molar-refractivity contribution in [1.82, 2.24) is 0 Å². The highest BCUT2D eigenvalue weighted by Crippen LogP contribution is 2.63. The zero-order chi connectivity index (χ0) is 30.4. The van der Waals surface area contributed by atoms with E-state index in [-0.39, 0.29) is 35.6 Å². The number of aliphatic hydroxyl groups excluding tert-OH is 1. The van der Waals surface area contributed by atoms with Crippen molar-refractivity contribution in [3.63, 3.8) is 0 Å². The lowest BCUT2D eigenvalue weighted by Gasteiger charge is -2.48. The minimum atomic E-state index is -1.32. The Morgan fingerprint density at radius 2 is 1.70 bits per heavy atom. The number of aliphatic hydroxyl groups is 1. The Hall–Kier alpha value is -3.60. The van der Waals surface area contributed by atoms with E-state index in [0.29, 0.717) is 23.6 Å². The highest BCUT2D eigenvalue weighted by Gasteiger charge is 2.68. The molecule has 2 aromatic carbocycles. The van der Waals surface area contributed by atoms with E-state index in [4.69, 9.17) is 16.0 Å². The van der Waals surface area contributed by atoms with E-state index < -0.39 is 52.6 Å². The second-order valence-corrected chi connectivity index (χ2v) is 13.0. The predicted octanol–water partition coefficient (Wildman–Crippen LogP) is 5.76. The molecule has 11 heteroatoms. The maximum absolute atomic E-state index is 14.3. The number of allylic oxidation sites excluding steroid dienone is 2. The van der Waals surface area contributed by atoms with Crippen LogP contribution in [-0.4, -0.2) is 28.7 Å². The van der Waals surface area contributed by atoms with Crippen molar-refractivity contribution in [3.05, 3.63) is 93.1 Å². The van der Waals surface area contributed by atoms with E-state index in [2.05, 4.69) is 15.9 Å². The van der Waals surface area contributed by atoms with Gasteiger partial charge in [-0.05, 0) is 80.3 Å². The summed E-state index contributed by atoms with van der Waals surface area (Å²) in [6.45, 7) is 1.36. The third-order valence-corrected chi connectivity index (χ3v) is 10.5. The molecule has 2 aliphatic heterocycles. The van der Waals surface area contributed by atoms with Gasteiger partial charge in [0.15, 0.2) is 0 Å². The van der Waals surface area contributed by atoms with Gasteiger partial charge < -0.3 is 9.52 Å². The van der Waals surface area contributed by atoms with Crippen molar-refractivity contribution in [2.24, 2.45) is 29.1 Å². The first-order valence-corrected chi connectivity index (χ1v) is 15.1. The smallest absolute Gasteiger partial charge is 0.241 e. The van der Waals surface area contributed by atoms with Crippen LogP contribution in [-0.2, 0) is 25.8 Å². The average molecular weight is 668 g/mol. The standard InChI is InChI=1S/C32H25BrClFN2O6/c1-32-22(29(40)37(31(32)42)17-6-10-24(35)23(34)12-17)13-21-19(27(32)25-11-7-18(14-38)43-25)8-9-20-26(21)30(41)36(28(20)39)16-4-2-15(33)3-5-16/h2-8,10-12,20-22,26-27,38H,9,13-14H2,1H3/t20-,21+,22-,26-,27+,32+/m0/s1. The molecule has 1 aromatic heterocycles. The summed E-state index contributed by atoms with van der Waals surface area (Å²) in [4.78, 5) is 58.4. The number of hydrogen-bond donors (Lipinski definition) is 1. The monoisotopic (exact) mass is 666 g/mol. The van der Waals surface area contributed by atoms with Crippen molar-refractivity contribution in [1.29, 1.82) is 0 Å². The first-order valence-electron chi connectivity index (χ1n) is 13.9. The number of rotatable bonds is 4. The molecule has 6 atom stereocenters. The number of nitrogens with zero attached hydrogens (tertiary/aromatic N) is 2. The van der Waals surface area contributed by atoms with E-state index in [1.54, 1.807) is 43.3 Å². The highest BCUT2D eigenvalue weighted by molar-refractivity contribution is 9.10. The lowest BCUT2D eigenvalue weighted by Crippen LogP contribution is -2.48. The van der Waals surface area contributed by atoms with E-state index in [0.717, 1.165) is 21.0 Å². The number of furan rings is 1. The summed E-state index contributed by atoms with van der Waals surface area (Å²) in [6, 6.07) is 13.9. The first-order chi connectivity index (χ1) is 20.6. The van der Waals surface area contributed by atoms with Crippen molar-refractivity contribution in [2.75, 3.05) is 9.80 Å². The van der Waals surface area contributed by atoms with Crippen LogP contribution in [0.15, 0.2) is 75.1 Å². The SMILES string of the molecule is C[C@@]12C(=O)N(c3ccc(F)c(Cl)c3)C(=O)[C@@H]1C[C@@H]1C(=CC[C@@H]3C(=O)N(c4ccc(Br)cc4)C(=O)[C@@H]31)[C@@H]2c1ccc(CO)o1. The molecule has 4 aliphatic rings. The van der Waals surface area contributed by atoms with Crippen LogP contribution in [0.25, 0.3) is 0 Å². The maximum Gasteiger partial charge on any atom is 0.241 e. The number of benzene rings is 2. The van der Waals surface area contributed by atoms with Gasteiger partial charge in [-0.15, -0.1) is 0 Å². The second kappa shape index (κ2) is 9.97. The summed E-state index contributed by atoms with van der Waals surface area (Å²) in [5.41, 5.74) is 0.0539. The molecule has 8 nitrogen and oxygen atoms in total. The number of anilines is 2. The summed E-state index contributed by atoms with van der Waals surface area (Å²) >= 11 is 9.42. The molecule has 220 valence electrons. The van der Waals surface area contributed by atoms with E-state index in [1.807, 2.05) is 6.08 Å². The van der Waals surface area contributed by atoms with Crippen LogP contribution in [0.4, 0.5) is 15.8 Å². The lowest BCUT2D eigenvalue weighted by molar-refractivity contribution is -0.131. The van der Waals surface area contributed by atoms with Crippen LogP contribution >= 0.6 is 27.5 Å². The van der Waals surface area contributed by atoms with Crippen LogP contribution in [0.2, 0.25) is 5.02 Å². The van der Waals surface area contributed by atoms with Crippen LogP contribution in [0, 0.1) is 34.9 Å². The van der Waals surface area contributed by atoms with Gasteiger partial charge in [-0.1, -0.05) is 39.2 Å². The van der Waals surface area contributed by atoms with Crippen LogP contribution in [0.1, 0.15) is 37.2 Å². The lowest BCUT2D eigenvalue weighted by atomic mass is 9.52. The van der Waals surface area contributed by atoms with Gasteiger partial charge in [0.05, 0.1) is 45.5 Å². The molecule has 3 heterocycles. The summed E-state index contributed by atoms with van der Waals surface area (Å²) in [5.74, 6) is -5.12. The fourth-order valence-electron chi connectivity index (χ4n) is 7.67. The molecule has 0 radical (unpaired) electrons. The minimum Gasteiger partial charge on any atom is -0.463 e. The van der Waals surface area contributed by atoms with Crippen molar-refractivity contribution in [3.8, 4) is 0 Å². The summed E-state index contributed by atoms with van der Waals surface area (Å²) < 4.78 is 20.8. The zero-order valence-electron chi connectivity index (χ0n) is 22.8. The third-order valence-electron chi connectivity index (χ3n) is 9.64. The molecule has 2 saturated heterocycles. The fraction of sp³-hybridized carbons (Fsp3) is 0.312. The van der Waals surface area contributed by atoms with E-state index in [1.165, 1.54) is 17.0 Å². The molecule has 7 rings (SSSR count). The van der Waals surface area contributed by atoms with Crippen LogP contribution in [0.5, 0.6) is 0 Å². The molecule has 4 amide bonds. The normalized spacial score (nSPS) is 30.0. The molecular weight excluding hydrogens is 643 g/mol. The number of imide groups is 2. The number of carbonyl (C=O) groups is 4. The highest BCUT2D eigenvalue weighted by atomic mass is 79.9. The molecule has 3 aromatic rings. The molecule has 1 saturated carbocycles. The average Bonchev–Trinajstić information content (AvgIpc) is 3.62. The molecule has 0 unspecified atom stereocenters. The Labute approximate surface area is 259 Å². The Morgan fingerprint density at radius 3 is 2.37 bits per heavy atom. The molecule has 3 fully saturated rings. The Kier molecular flexibility index (Phi) is 6.54. The minimum absolute atomic E-state index is 0.148. The van der Waals surface area contributed by atoms with Gasteiger partial charge in [0.1, 0.15) is 23.9 Å². The number of amides is 4. The Bertz CT molecular complexity index is 1750. The van der Waals surface area contributed by atoms with Crippen molar-refractivity contribution in [2.45, 2.75) is 32.3 Å². The van der Waals surface area contributed by atoms with Gasteiger partial charge >= 0.3 is 0 Å². The molecule has 2 aliphatic carbocycles. The van der Waals surface area contributed by atoms with Gasteiger partial charge in [-0.2, -0.15) is 0 Å². The zero-order valence-corrected chi connectivity index (χ0v) is 25.1. The van der Waals surface area contributed by atoms with Gasteiger partial charge in [0, 0.05) is 4.47 Å². The molecule has 43 heavy (non-hydrogen) atoms. The molecule has 1 N–H and O–H groups in total. The largest absolute Gasteiger partial charge is 0.463 e. The summed E-state index contributed by atoms with van der Waals surface area (Å²) in [6.07, 6.45) is 2.37. The van der Waals surface area contributed by atoms with E-state index in [9.17, 15) is 28.7 Å². The molecular formula is C32H25BrClFN2O6. The Balaban J connectivity index is 1.35. The fourth-order valence-corrected chi connectivity index (χ4v) is 8.11. The number of halogens is 3. The molecule has 0 bridgehead atoms. The molecule has 0 spiro atoms. The van der Waals surface area contributed by atoms with Crippen molar-refractivity contribution >= 4 is 62.5 Å². The van der Waals surface area contributed by atoms with Crippen LogP contribution in [0.3, 0.4) is 0 Å². The van der Waals surface area contributed by atoms with Crippen LogP contribution < -0.4 is 9.80 Å². The quantitative estimate of drug-likeness (QED) is 0.280. The van der Waals surface area contributed by atoms with Gasteiger partial charge in [0.25, 0.3) is 0 Å². The van der Waals surface area contributed by atoms with Gasteiger partial charge in [-0.3, -0.25) is 24.1 Å². The van der Waals surface area contributed by atoms with Gasteiger partial charge in [0.2, 0.25) is 23.6 Å². The second-order valence-electron chi connectivity index (χ2n) is 11.7. The number of fused-ring (bicyclic) bond motifs is 4. The van der Waals surface area contributed by atoms with E-state index >= 15 is 0 Å². The number of hydrogen-bond acceptors (Lipinski definition) is 6. The summed E-state index contributed by atoms with van der Waals surface area (Å²) in [7, 11) is 0. The van der Waals surface area contributed by atoms with Gasteiger partial charge in [-0.25, -0.2) is 9.29 Å². The predicted molar refractivity (Wildman–Crippen MR) is 157 cm³/mol. The van der Waals surface area contributed by atoms with Crippen molar-refractivity contribution < 1.29 is 33.1 Å². The first kappa shape index (κ1) is 28.2.